The van der Waals surface area contributed by atoms with Crippen molar-refractivity contribution in [3.8, 4) is 0 Å². The Morgan fingerprint density at radius 3 is 1.57 bits per heavy atom. The van der Waals surface area contributed by atoms with E-state index in [4.69, 9.17) is 18.5 Å². The molecule has 10 heteroatoms. The first-order chi connectivity index (χ1) is 25.5. The van der Waals surface area contributed by atoms with Gasteiger partial charge >= 0.3 is 19.8 Å². The number of phosphoric ester groups is 1. The second-order valence-electron chi connectivity index (χ2n) is 15.4. The number of phosphoric acid groups is 1. The second-order valence-corrected chi connectivity index (χ2v) is 16.8. The first kappa shape index (κ1) is 51.2. The van der Waals surface area contributed by atoms with Crippen LogP contribution in [0.25, 0.3) is 0 Å². The normalized spacial score (nSPS) is 14.0. The number of ether oxygens (including phenoxy) is 2. The Balaban J connectivity index is 4.42. The third-order valence-electron chi connectivity index (χ3n) is 8.89. The largest absolute Gasteiger partial charge is 0.472 e. The van der Waals surface area contributed by atoms with Crippen molar-refractivity contribution in [1.82, 2.24) is 0 Å². The molecule has 53 heavy (non-hydrogen) atoms. The van der Waals surface area contributed by atoms with Gasteiger partial charge in [-0.1, -0.05) is 134 Å². The molecule has 0 aliphatic heterocycles. The van der Waals surface area contributed by atoms with Gasteiger partial charge in [0.05, 0.1) is 27.7 Å². The Kier molecular flexibility index (Phi) is 34.7. The molecular weight excluding hydrogens is 689 g/mol. The molecule has 0 aromatic heterocycles. The molecule has 310 valence electrons. The maximum Gasteiger partial charge on any atom is 0.472 e. The van der Waals surface area contributed by atoms with Crippen LogP contribution < -0.4 is 0 Å². The van der Waals surface area contributed by atoms with E-state index < -0.39 is 26.5 Å². The molecule has 0 saturated heterocycles. The highest BCUT2D eigenvalue weighted by Gasteiger charge is 2.27. The third kappa shape index (κ3) is 39.7. The van der Waals surface area contributed by atoms with Crippen molar-refractivity contribution in [2.75, 3.05) is 47.5 Å². The quantitative estimate of drug-likeness (QED) is 0.0217. The van der Waals surface area contributed by atoms with Crippen molar-refractivity contribution >= 4 is 19.8 Å². The zero-order valence-electron chi connectivity index (χ0n) is 34.7. The molecule has 0 saturated carbocycles. The minimum atomic E-state index is -4.38. The zero-order valence-corrected chi connectivity index (χ0v) is 35.6. The molecule has 0 bridgehead atoms. The van der Waals surface area contributed by atoms with Crippen molar-refractivity contribution in [3.63, 3.8) is 0 Å². The molecule has 1 unspecified atom stereocenters. The summed E-state index contributed by atoms with van der Waals surface area (Å²) >= 11 is 0. The second kappa shape index (κ2) is 35.9. The van der Waals surface area contributed by atoms with Crippen LogP contribution >= 0.6 is 7.82 Å². The maximum absolute atomic E-state index is 12.7. The van der Waals surface area contributed by atoms with Gasteiger partial charge in [-0.15, -0.1) is 0 Å². The molecule has 0 aromatic carbocycles. The topological polar surface area (TPSA) is 108 Å². The maximum atomic E-state index is 12.7. The number of esters is 2. The highest BCUT2D eigenvalue weighted by Crippen LogP contribution is 2.43. The van der Waals surface area contributed by atoms with Gasteiger partial charge in [-0.05, 0) is 64.2 Å². The Morgan fingerprint density at radius 1 is 0.585 bits per heavy atom. The summed E-state index contributed by atoms with van der Waals surface area (Å²) in [6.07, 6.45) is 39.0. The number of hydrogen-bond acceptors (Lipinski definition) is 7. The van der Waals surface area contributed by atoms with E-state index in [1.807, 2.05) is 21.1 Å². The van der Waals surface area contributed by atoms with Gasteiger partial charge in [0.2, 0.25) is 0 Å². The van der Waals surface area contributed by atoms with E-state index in [0.29, 0.717) is 17.4 Å². The van der Waals surface area contributed by atoms with E-state index in [1.54, 1.807) is 0 Å². The molecule has 0 amide bonds. The minimum absolute atomic E-state index is 0.0272. The summed E-state index contributed by atoms with van der Waals surface area (Å²) in [5.74, 6) is -0.825. The predicted octanol–water partition coefficient (Wildman–Crippen LogP) is 11.7. The molecule has 0 spiro atoms. The van der Waals surface area contributed by atoms with E-state index in [-0.39, 0.29) is 32.0 Å². The number of carbonyl (C=O) groups is 2. The summed E-state index contributed by atoms with van der Waals surface area (Å²) < 4.78 is 34.2. The summed E-state index contributed by atoms with van der Waals surface area (Å²) in [5, 5.41) is 0. The van der Waals surface area contributed by atoms with Crippen molar-refractivity contribution < 1.29 is 42.1 Å². The molecule has 0 rings (SSSR count). The van der Waals surface area contributed by atoms with Crippen LogP contribution in [0.2, 0.25) is 0 Å². The van der Waals surface area contributed by atoms with E-state index in [0.717, 1.165) is 83.5 Å². The summed E-state index contributed by atoms with van der Waals surface area (Å²) in [7, 11) is 1.46. The Labute approximate surface area is 325 Å². The minimum Gasteiger partial charge on any atom is -0.462 e. The lowest BCUT2D eigenvalue weighted by Gasteiger charge is -2.24. The van der Waals surface area contributed by atoms with Crippen LogP contribution in [0.5, 0.6) is 0 Å². The fraction of sp³-hybridized carbons (Fsp3) is 0.814. The van der Waals surface area contributed by atoms with Gasteiger partial charge in [0, 0.05) is 12.8 Å². The molecule has 0 heterocycles. The molecule has 2 atom stereocenters. The first-order valence-electron chi connectivity index (χ1n) is 21.2. The van der Waals surface area contributed by atoms with Gasteiger partial charge in [0.15, 0.2) is 6.10 Å². The van der Waals surface area contributed by atoms with Crippen molar-refractivity contribution in [1.29, 1.82) is 0 Å². The summed E-state index contributed by atoms with van der Waals surface area (Å²) in [6.45, 7) is 4.34. The smallest absolute Gasteiger partial charge is 0.462 e. The Morgan fingerprint density at radius 2 is 1.04 bits per heavy atom. The number of nitrogens with zero attached hydrogens (tertiary/aromatic N) is 1. The Bertz CT molecular complexity index is 1010. The van der Waals surface area contributed by atoms with E-state index in [9.17, 15) is 19.0 Å². The number of unbranched alkanes of at least 4 members (excludes halogenated alkanes) is 18. The Hall–Kier alpha value is -1.77. The number of allylic oxidation sites excluding steroid dienone is 6. The molecule has 0 aliphatic carbocycles. The average Bonchev–Trinajstić information content (AvgIpc) is 3.10. The van der Waals surface area contributed by atoms with Crippen molar-refractivity contribution in [3.05, 3.63) is 36.5 Å². The van der Waals surface area contributed by atoms with Gasteiger partial charge in [0.25, 0.3) is 0 Å². The third-order valence-corrected chi connectivity index (χ3v) is 9.88. The number of carbonyl (C=O) groups excluding carboxylic acids is 2. The van der Waals surface area contributed by atoms with Crippen LogP contribution in [-0.2, 0) is 32.7 Å². The zero-order chi connectivity index (χ0) is 39.3. The van der Waals surface area contributed by atoms with Crippen LogP contribution in [0.15, 0.2) is 36.5 Å². The van der Waals surface area contributed by atoms with E-state index >= 15 is 0 Å². The molecule has 1 N–H and O–H groups in total. The van der Waals surface area contributed by atoms with Gasteiger partial charge in [-0.25, -0.2) is 4.57 Å². The van der Waals surface area contributed by atoms with Gasteiger partial charge in [-0.2, -0.15) is 0 Å². The SMILES string of the molecule is CCCC/C=C\C/C=C\CCCCCCCC(=O)O[C@H](COC(=O)CCCCCCC/C=C\CCCCCCCC)COP(=O)(O)OCC[N+](C)(C)C. The van der Waals surface area contributed by atoms with Gasteiger partial charge in [-0.3, -0.25) is 18.6 Å². The molecular formula is C43H81NO8P+. The van der Waals surface area contributed by atoms with Crippen LogP contribution in [0, 0.1) is 0 Å². The summed E-state index contributed by atoms with van der Waals surface area (Å²) in [5.41, 5.74) is 0. The number of likely N-dealkylation sites (N-methyl/N-ethyl adjacent to an activating group) is 1. The highest BCUT2D eigenvalue weighted by atomic mass is 31.2. The van der Waals surface area contributed by atoms with Gasteiger partial charge < -0.3 is 18.9 Å². The van der Waals surface area contributed by atoms with Crippen molar-refractivity contribution in [2.45, 2.75) is 180 Å². The van der Waals surface area contributed by atoms with Crippen LogP contribution in [-0.4, -0.2) is 74.9 Å². The average molecular weight is 771 g/mol. The number of hydrogen-bond donors (Lipinski definition) is 1. The standard InChI is InChI=1S/C43H80NO8P/c1-6-8-10-12-14-16-18-20-22-24-25-27-29-31-33-35-42(45)49-39-41(40-51-53(47,48)50-38-37-44(3,4)5)52-43(46)36-34-32-30-28-26-23-21-19-17-15-13-11-9-7-2/h13,15,19-22,41H,6-12,14,16-18,23-40H2,1-5H3/p+1/b15-13-,21-19-,22-20-/t41-/m1/s1. The molecule has 9 nitrogen and oxygen atoms in total. The summed E-state index contributed by atoms with van der Waals surface area (Å²) in [4.78, 5) is 35.3. The fourth-order valence-corrected chi connectivity index (χ4v) is 6.24. The van der Waals surface area contributed by atoms with Crippen LogP contribution in [0.3, 0.4) is 0 Å². The fourth-order valence-electron chi connectivity index (χ4n) is 5.49. The molecule has 0 fully saturated rings. The van der Waals surface area contributed by atoms with E-state index in [2.05, 4.69) is 50.3 Å². The lowest BCUT2D eigenvalue weighted by molar-refractivity contribution is -0.870. The lowest BCUT2D eigenvalue weighted by atomic mass is 10.1. The molecule has 0 aliphatic rings. The highest BCUT2D eigenvalue weighted by molar-refractivity contribution is 7.47. The van der Waals surface area contributed by atoms with Crippen molar-refractivity contribution in [2.24, 2.45) is 0 Å². The predicted molar refractivity (Wildman–Crippen MR) is 220 cm³/mol. The van der Waals surface area contributed by atoms with Gasteiger partial charge in [0.1, 0.15) is 19.8 Å². The van der Waals surface area contributed by atoms with Crippen LogP contribution in [0.4, 0.5) is 0 Å². The number of quaternary nitrogens is 1. The monoisotopic (exact) mass is 771 g/mol. The summed E-state index contributed by atoms with van der Waals surface area (Å²) in [6, 6.07) is 0. The molecule has 0 aromatic rings. The lowest BCUT2D eigenvalue weighted by Crippen LogP contribution is -2.37. The number of rotatable bonds is 38. The first-order valence-corrected chi connectivity index (χ1v) is 22.7. The van der Waals surface area contributed by atoms with E-state index in [1.165, 1.54) is 57.8 Å². The molecule has 0 radical (unpaired) electrons. The van der Waals surface area contributed by atoms with Crippen LogP contribution in [0.1, 0.15) is 174 Å².